The van der Waals surface area contributed by atoms with Crippen molar-refractivity contribution in [2.45, 2.75) is 0 Å². The van der Waals surface area contributed by atoms with Gasteiger partial charge in [0.05, 0.1) is 0 Å². The van der Waals surface area contributed by atoms with Gasteiger partial charge in [0.1, 0.15) is 0 Å². The summed E-state index contributed by atoms with van der Waals surface area (Å²) in [4.78, 5) is 0. The maximum atomic E-state index is 8.35. The second-order valence-electron chi connectivity index (χ2n) is 1.87. The molecule has 0 unspecified atom stereocenters. The van der Waals surface area contributed by atoms with Gasteiger partial charge in [0.15, 0.2) is 5.17 Å². The molecule has 0 aromatic heterocycles. The van der Waals surface area contributed by atoms with Gasteiger partial charge in [0, 0.05) is 10.0 Å². The first-order chi connectivity index (χ1) is 5.25. The van der Waals surface area contributed by atoms with E-state index in [0.29, 0.717) is 5.56 Å². The minimum Gasteiger partial charge on any atom is -0.410 e. The van der Waals surface area contributed by atoms with Crippen molar-refractivity contribution in [2.75, 3.05) is 0 Å². The van der Waals surface area contributed by atoms with Crippen LogP contribution in [0.25, 0.3) is 0 Å². The summed E-state index contributed by atoms with van der Waals surface area (Å²) < 4.78 is 0.808. The van der Waals surface area contributed by atoms with Gasteiger partial charge in [-0.15, -0.1) is 0 Å². The van der Waals surface area contributed by atoms with Crippen LogP contribution in [0, 0.1) is 0 Å². The van der Waals surface area contributed by atoms with E-state index in [4.69, 9.17) is 16.8 Å². The van der Waals surface area contributed by atoms with E-state index >= 15 is 0 Å². The van der Waals surface area contributed by atoms with Crippen LogP contribution in [-0.2, 0) is 0 Å². The molecule has 0 saturated heterocycles. The number of benzene rings is 1. The van der Waals surface area contributed by atoms with E-state index in [0.717, 1.165) is 4.47 Å². The van der Waals surface area contributed by atoms with Crippen molar-refractivity contribution >= 4 is 32.7 Å². The molecule has 1 aromatic carbocycles. The van der Waals surface area contributed by atoms with Crippen LogP contribution in [0.2, 0.25) is 0 Å². The largest absolute Gasteiger partial charge is 0.410 e. The Labute approximate surface area is 77.6 Å². The molecule has 0 spiro atoms. The van der Waals surface area contributed by atoms with Crippen LogP contribution in [0.5, 0.6) is 0 Å². The second kappa shape index (κ2) is 3.74. The normalized spacial score (nSPS) is 11.6. The molecule has 0 aliphatic carbocycles. The maximum Gasteiger partial charge on any atom is 0.176 e. The second-order valence-corrected chi connectivity index (χ2v) is 3.08. The van der Waals surface area contributed by atoms with Crippen LogP contribution in [0.15, 0.2) is 33.9 Å². The number of nitrogens with zero attached hydrogens (tertiary/aromatic N) is 1. The van der Waals surface area contributed by atoms with Crippen molar-refractivity contribution < 1.29 is 5.21 Å². The van der Waals surface area contributed by atoms with E-state index in [1.165, 1.54) is 0 Å². The number of oxime groups is 1. The Morgan fingerprint density at radius 1 is 1.45 bits per heavy atom. The molecule has 0 aliphatic heterocycles. The molecular formula is C7H5BrClNO. The van der Waals surface area contributed by atoms with Gasteiger partial charge in [0.25, 0.3) is 0 Å². The van der Waals surface area contributed by atoms with Crippen LogP contribution in [0.4, 0.5) is 0 Å². The fraction of sp³-hybridized carbons (Fsp3) is 0. The summed E-state index contributed by atoms with van der Waals surface area (Å²) >= 11 is 8.83. The van der Waals surface area contributed by atoms with Crippen LogP contribution >= 0.6 is 27.5 Å². The Morgan fingerprint density at radius 3 is 2.64 bits per heavy atom. The van der Waals surface area contributed by atoms with Crippen molar-refractivity contribution in [3.63, 3.8) is 0 Å². The maximum absolute atomic E-state index is 8.35. The van der Waals surface area contributed by atoms with Gasteiger partial charge < -0.3 is 5.21 Å². The summed E-state index contributed by atoms with van der Waals surface area (Å²) in [7, 11) is 0. The smallest absolute Gasteiger partial charge is 0.176 e. The van der Waals surface area contributed by atoms with Gasteiger partial charge in [-0.25, -0.2) is 0 Å². The first-order valence-corrected chi connectivity index (χ1v) is 4.05. The lowest BCUT2D eigenvalue weighted by Crippen LogP contribution is -1.91. The Hall–Kier alpha value is -0.540. The number of hydrogen-bond acceptors (Lipinski definition) is 2. The minimum atomic E-state index is 0.0810. The number of rotatable bonds is 1. The van der Waals surface area contributed by atoms with Gasteiger partial charge >= 0.3 is 0 Å². The van der Waals surface area contributed by atoms with E-state index in [2.05, 4.69) is 21.1 Å². The van der Waals surface area contributed by atoms with Crippen molar-refractivity contribution in [1.82, 2.24) is 0 Å². The predicted octanol–water partition coefficient (Wildman–Crippen LogP) is 2.82. The van der Waals surface area contributed by atoms with Gasteiger partial charge in [-0.1, -0.05) is 50.9 Å². The Balaban J connectivity index is 3.14. The topological polar surface area (TPSA) is 32.6 Å². The predicted molar refractivity (Wildman–Crippen MR) is 48.3 cm³/mol. The summed E-state index contributed by atoms with van der Waals surface area (Å²) in [6.45, 7) is 0. The summed E-state index contributed by atoms with van der Waals surface area (Å²) in [5.41, 5.74) is 0.677. The molecule has 1 rings (SSSR count). The van der Waals surface area contributed by atoms with E-state index in [9.17, 15) is 0 Å². The Morgan fingerprint density at radius 2 is 2.09 bits per heavy atom. The van der Waals surface area contributed by atoms with E-state index in [1.54, 1.807) is 6.07 Å². The SMILES string of the molecule is O/N=C(/Cl)c1ccccc1Br. The van der Waals surface area contributed by atoms with Crippen molar-refractivity contribution in [3.8, 4) is 0 Å². The summed E-state index contributed by atoms with van der Waals surface area (Å²) in [6, 6.07) is 7.25. The summed E-state index contributed by atoms with van der Waals surface area (Å²) in [6.07, 6.45) is 0. The Kier molecular flexibility index (Phi) is 2.91. The molecular weight excluding hydrogens is 229 g/mol. The highest BCUT2D eigenvalue weighted by Gasteiger charge is 2.02. The average molecular weight is 234 g/mol. The molecule has 0 heterocycles. The number of hydrogen-bond donors (Lipinski definition) is 1. The molecule has 0 atom stereocenters. The molecule has 11 heavy (non-hydrogen) atoms. The van der Waals surface area contributed by atoms with Crippen molar-refractivity contribution in [2.24, 2.45) is 5.16 Å². The third-order valence-corrected chi connectivity index (χ3v) is 2.15. The lowest BCUT2D eigenvalue weighted by molar-refractivity contribution is 0.321. The molecule has 0 fully saturated rings. The average Bonchev–Trinajstić information content (AvgIpc) is 2.04. The zero-order valence-corrected chi connectivity index (χ0v) is 7.80. The third kappa shape index (κ3) is 1.94. The van der Waals surface area contributed by atoms with Crippen molar-refractivity contribution in [3.05, 3.63) is 34.3 Å². The number of halogens is 2. The third-order valence-electron chi connectivity index (χ3n) is 1.18. The van der Waals surface area contributed by atoms with Crippen LogP contribution in [-0.4, -0.2) is 10.4 Å². The zero-order chi connectivity index (χ0) is 8.27. The molecule has 1 aromatic rings. The van der Waals surface area contributed by atoms with Crippen molar-refractivity contribution in [1.29, 1.82) is 0 Å². The zero-order valence-electron chi connectivity index (χ0n) is 5.46. The van der Waals surface area contributed by atoms with Crippen LogP contribution < -0.4 is 0 Å². The molecule has 0 saturated carbocycles. The molecule has 0 aliphatic rings. The highest BCUT2D eigenvalue weighted by atomic mass is 79.9. The molecule has 0 bridgehead atoms. The summed E-state index contributed by atoms with van der Waals surface area (Å²) in [5.74, 6) is 0. The van der Waals surface area contributed by atoms with Crippen LogP contribution in [0.1, 0.15) is 5.56 Å². The minimum absolute atomic E-state index is 0.0810. The van der Waals surface area contributed by atoms with Gasteiger partial charge in [0.2, 0.25) is 0 Å². The lowest BCUT2D eigenvalue weighted by atomic mass is 10.2. The standard InChI is InChI=1S/C7H5BrClNO/c8-6-4-2-1-3-5(6)7(9)10-11/h1-4,11H/b10-7+. The quantitative estimate of drug-likeness (QED) is 0.452. The highest BCUT2D eigenvalue weighted by Crippen LogP contribution is 2.17. The molecule has 4 heteroatoms. The summed E-state index contributed by atoms with van der Waals surface area (Å²) in [5, 5.41) is 11.3. The van der Waals surface area contributed by atoms with Crippen LogP contribution in [0.3, 0.4) is 0 Å². The molecule has 1 N–H and O–H groups in total. The van der Waals surface area contributed by atoms with E-state index in [-0.39, 0.29) is 5.17 Å². The molecule has 0 radical (unpaired) electrons. The molecule has 2 nitrogen and oxygen atoms in total. The van der Waals surface area contributed by atoms with Gasteiger partial charge in [-0.2, -0.15) is 0 Å². The molecule has 58 valence electrons. The fourth-order valence-electron chi connectivity index (χ4n) is 0.682. The lowest BCUT2D eigenvalue weighted by Gasteiger charge is -1.97. The highest BCUT2D eigenvalue weighted by molar-refractivity contribution is 9.10. The van der Waals surface area contributed by atoms with Gasteiger partial charge in [-0.3, -0.25) is 0 Å². The van der Waals surface area contributed by atoms with Gasteiger partial charge in [-0.05, 0) is 6.07 Å². The molecule has 0 amide bonds. The monoisotopic (exact) mass is 233 g/mol. The first-order valence-electron chi connectivity index (χ1n) is 2.88. The first kappa shape index (κ1) is 8.56. The van der Waals surface area contributed by atoms with E-state index < -0.39 is 0 Å². The fourth-order valence-corrected chi connectivity index (χ4v) is 1.43. The van der Waals surface area contributed by atoms with E-state index in [1.807, 2.05) is 18.2 Å². The Bertz CT molecular complexity index is 288.